The molecule has 0 N–H and O–H groups in total. The van der Waals surface area contributed by atoms with Gasteiger partial charge in [-0.2, -0.15) is 0 Å². The first-order valence-electron chi connectivity index (χ1n) is 8.73. The average molecular weight is 336 g/mol. The van der Waals surface area contributed by atoms with Crippen molar-refractivity contribution in [2.24, 2.45) is 0 Å². The second-order valence-electron chi connectivity index (χ2n) is 7.62. The lowest BCUT2D eigenvalue weighted by Gasteiger charge is -2.22. The number of hydrogen-bond donors (Lipinski definition) is 0. The Kier molecular flexibility index (Phi) is 5.84. The van der Waals surface area contributed by atoms with Crippen molar-refractivity contribution >= 4 is 11.4 Å². The molecule has 2 aromatic carbocycles. The van der Waals surface area contributed by atoms with Gasteiger partial charge in [0.1, 0.15) is 11.4 Å². The molecule has 0 aliphatic carbocycles. The number of benzene rings is 2. The molecule has 0 aliphatic rings. The van der Waals surface area contributed by atoms with Gasteiger partial charge in [-0.25, -0.2) is 0 Å². The number of hydrogen-bond acceptors (Lipinski definition) is 2. The smallest absolute Gasteiger partial charge is 0.159 e. The Morgan fingerprint density at radius 3 is 2.20 bits per heavy atom. The van der Waals surface area contributed by atoms with Crippen molar-refractivity contribution in [3.8, 4) is 5.75 Å². The van der Waals surface area contributed by atoms with E-state index in [4.69, 9.17) is 4.74 Å². The highest BCUT2D eigenvalue weighted by Crippen LogP contribution is 2.24. The molecule has 2 heteroatoms. The van der Waals surface area contributed by atoms with Gasteiger partial charge < -0.3 is 4.74 Å². The molecule has 0 aliphatic heterocycles. The van der Waals surface area contributed by atoms with Gasteiger partial charge >= 0.3 is 0 Å². The maximum absolute atomic E-state index is 11.8. The number of rotatable bonds is 6. The molecule has 0 amide bonds. The van der Waals surface area contributed by atoms with Crippen LogP contribution in [0.25, 0.3) is 5.57 Å². The van der Waals surface area contributed by atoms with Crippen LogP contribution in [0.1, 0.15) is 61.7 Å². The Labute approximate surface area is 151 Å². The maximum atomic E-state index is 11.8. The summed E-state index contributed by atoms with van der Waals surface area (Å²) in [5, 5.41) is 0. The molecule has 0 unspecified atom stereocenters. The topological polar surface area (TPSA) is 26.3 Å². The van der Waals surface area contributed by atoms with Crippen LogP contribution in [0.5, 0.6) is 5.75 Å². The van der Waals surface area contributed by atoms with Crippen LogP contribution in [0.2, 0.25) is 0 Å². The first-order chi connectivity index (χ1) is 11.6. The average Bonchev–Trinajstić information content (AvgIpc) is 2.51. The number of aryl methyl sites for hydroxylation is 2. The van der Waals surface area contributed by atoms with Crippen LogP contribution in [0.4, 0.5) is 0 Å². The molecule has 132 valence electrons. The van der Waals surface area contributed by atoms with E-state index in [2.05, 4.69) is 30.8 Å². The van der Waals surface area contributed by atoms with E-state index in [0.29, 0.717) is 5.56 Å². The van der Waals surface area contributed by atoms with Crippen LogP contribution in [0.3, 0.4) is 0 Å². The molecule has 0 atom stereocenters. The number of Topliss-reactive ketones (excluding diaryl/α,β-unsaturated/α-hetero) is 1. The van der Waals surface area contributed by atoms with Gasteiger partial charge in [-0.05, 0) is 82.3 Å². The summed E-state index contributed by atoms with van der Waals surface area (Å²) in [6.45, 7) is 13.7. The van der Waals surface area contributed by atoms with Crippen LogP contribution in [-0.4, -0.2) is 11.4 Å². The quantitative estimate of drug-likeness (QED) is 0.615. The van der Waals surface area contributed by atoms with Crippen molar-refractivity contribution in [1.82, 2.24) is 0 Å². The fraction of sp³-hybridized carbons (Fsp3) is 0.348. The molecule has 2 aromatic rings. The van der Waals surface area contributed by atoms with Gasteiger partial charge in [-0.1, -0.05) is 36.4 Å². The Balaban J connectivity index is 2.22. The predicted octanol–water partition coefficient (Wildman–Crippen LogP) is 5.88. The van der Waals surface area contributed by atoms with Gasteiger partial charge in [-0.15, -0.1) is 0 Å². The molecule has 0 saturated carbocycles. The molecule has 2 rings (SSSR count). The summed E-state index contributed by atoms with van der Waals surface area (Å²) in [4.78, 5) is 11.8. The van der Waals surface area contributed by atoms with E-state index in [9.17, 15) is 4.79 Å². The Hall–Kier alpha value is -2.35. The SMILES string of the molecule is C=C(C)c1cccc(CCc2cc(OC(C)(C)C)cc(C(C)=O)c2)c1. The standard InChI is InChI=1S/C23H28O2/c1-16(2)20-9-7-8-18(12-20)10-11-19-13-21(17(3)24)15-22(14-19)25-23(4,5)6/h7-9,12-15H,1,10-11H2,2-6H3. The molecule has 0 saturated heterocycles. The van der Waals surface area contributed by atoms with Crippen LogP contribution in [-0.2, 0) is 12.8 Å². The van der Waals surface area contributed by atoms with Crippen LogP contribution >= 0.6 is 0 Å². The fourth-order valence-electron chi connectivity index (χ4n) is 2.70. The summed E-state index contributed by atoms with van der Waals surface area (Å²) < 4.78 is 5.97. The minimum absolute atomic E-state index is 0.0601. The van der Waals surface area contributed by atoms with Crippen LogP contribution in [0.15, 0.2) is 49.0 Å². The highest BCUT2D eigenvalue weighted by molar-refractivity contribution is 5.94. The van der Waals surface area contributed by atoms with E-state index in [-0.39, 0.29) is 11.4 Å². The van der Waals surface area contributed by atoms with Crippen molar-refractivity contribution in [3.63, 3.8) is 0 Å². The van der Waals surface area contributed by atoms with Gasteiger partial charge in [-0.3, -0.25) is 4.79 Å². The van der Waals surface area contributed by atoms with E-state index in [1.807, 2.05) is 45.9 Å². The van der Waals surface area contributed by atoms with Crippen molar-refractivity contribution in [3.05, 3.63) is 71.3 Å². The molecule has 0 heterocycles. The lowest BCUT2D eigenvalue weighted by atomic mass is 9.98. The second-order valence-corrected chi connectivity index (χ2v) is 7.62. The lowest BCUT2D eigenvalue weighted by molar-refractivity contribution is 0.101. The van der Waals surface area contributed by atoms with Gasteiger partial charge in [0.05, 0.1) is 0 Å². The van der Waals surface area contributed by atoms with Crippen molar-refractivity contribution in [2.45, 2.75) is 53.1 Å². The fourth-order valence-corrected chi connectivity index (χ4v) is 2.70. The first-order valence-corrected chi connectivity index (χ1v) is 8.73. The molecule has 0 fully saturated rings. The van der Waals surface area contributed by atoms with Gasteiger partial charge in [0.25, 0.3) is 0 Å². The zero-order chi connectivity index (χ0) is 18.6. The van der Waals surface area contributed by atoms with E-state index in [1.165, 1.54) is 11.1 Å². The van der Waals surface area contributed by atoms with Crippen LogP contribution in [0, 0.1) is 0 Å². The normalized spacial score (nSPS) is 11.2. The largest absolute Gasteiger partial charge is 0.488 e. The maximum Gasteiger partial charge on any atom is 0.159 e. The lowest BCUT2D eigenvalue weighted by Crippen LogP contribution is -2.23. The van der Waals surface area contributed by atoms with E-state index >= 15 is 0 Å². The zero-order valence-corrected chi connectivity index (χ0v) is 16.0. The highest BCUT2D eigenvalue weighted by atomic mass is 16.5. The van der Waals surface area contributed by atoms with E-state index in [1.54, 1.807) is 6.92 Å². The summed E-state index contributed by atoms with van der Waals surface area (Å²) in [6.07, 6.45) is 1.78. The van der Waals surface area contributed by atoms with Gasteiger partial charge in [0.15, 0.2) is 5.78 Å². The number of allylic oxidation sites excluding steroid dienone is 1. The summed E-state index contributed by atoms with van der Waals surface area (Å²) in [6, 6.07) is 14.3. The van der Waals surface area contributed by atoms with Gasteiger partial charge in [0, 0.05) is 5.56 Å². The first kappa shape index (κ1) is 19.0. The summed E-state index contributed by atoms with van der Waals surface area (Å²) in [5.74, 6) is 0.816. The summed E-state index contributed by atoms with van der Waals surface area (Å²) >= 11 is 0. The monoisotopic (exact) mass is 336 g/mol. The van der Waals surface area contributed by atoms with Crippen molar-refractivity contribution in [1.29, 1.82) is 0 Å². The van der Waals surface area contributed by atoms with Crippen LogP contribution < -0.4 is 4.74 Å². The molecule has 0 radical (unpaired) electrons. The highest BCUT2D eigenvalue weighted by Gasteiger charge is 2.14. The molecule has 2 nitrogen and oxygen atoms in total. The van der Waals surface area contributed by atoms with E-state index < -0.39 is 0 Å². The van der Waals surface area contributed by atoms with Crippen molar-refractivity contribution < 1.29 is 9.53 Å². The second kappa shape index (κ2) is 7.69. The summed E-state index contributed by atoms with van der Waals surface area (Å²) in [7, 11) is 0. The molecule has 0 bridgehead atoms. The Morgan fingerprint density at radius 2 is 1.60 bits per heavy atom. The van der Waals surface area contributed by atoms with Crippen molar-refractivity contribution in [2.75, 3.05) is 0 Å². The Morgan fingerprint density at radius 1 is 0.960 bits per heavy atom. The number of ketones is 1. The predicted molar refractivity (Wildman–Crippen MR) is 105 cm³/mol. The third-order valence-corrected chi connectivity index (χ3v) is 3.92. The van der Waals surface area contributed by atoms with Gasteiger partial charge in [0.2, 0.25) is 0 Å². The number of carbonyl (C=O) groups is 1. The summed E-state index contributed by atoms with van der Waals surface area (Å²) in [5.41, 5.74) is 5.04. The minimum Gasteiger partial charge on any atom is -0.488 e. The molecule has 0 aromatic heterocycles. The Bertz CT molecular complexity index is 779. The third-order valence-electron chi connectivity index (χ3n) is 3.92. The molecular formula is C23H28O2. The molecule has 25 heavy (non-hydrogen) atoms. The third kappa shape index (κ3) is 5.90. The minimum atomic E-state index is -0.289. The zero-order valence-electron chi connectivity index (χ0n) is 16.0. The number of ether oxygens (including phenoxy) is 1. The van der Waals surface area contributed by atoms with E-state index in [0.717, 1.165) is 29.7 Å². The number of carbonyl (C=O) groups excluding carboxylic acids is 1. The molecular weight excluding hydrogens is 308 g/mol. The molecule has 0 spiro atoms.